The molecule has 0 bridgehead atoms. The minimum Gasteiger partial charge on any atom is -0.496 e. The second-order valence-electron chi connectivity index (χ2n) is 4.59. The molecule has 0 amide bonds. The van der Waals surface area contributed by atoms with Crippen LogP contribution in [-0.4, -0.2) is 31.6 Å². The Hall–Kier alpha value is -1.53. The van der Waals surface area contributed by atoms with Crippen LogP contribution in [0.25, 0.3) is 0 Å². The minimum absolute atomic E-state index is 0.430. The van der Waals surface area contributed by atoms with Crippen molar-refractivity contribution in [2.75, 3.05) is 21.2 Å². The standard InChI is InChI=1S/C14H20N2O/c1-14(11-15,16(2)3)10-9-12-7-5-6-8-13(12)17-4/h5-8H,9-10H2,1-4H3. The summed E-state index contributed by atoms with van der Waals surface area (Å²) >= 11 is 0. The molecule has 0 saturated carbocycles. The van der Waals surface area contributed by atoms with Crippen molar-refractivity contribution in [2.24, 2.45) is 0 Å². The number of ether oxygens (including phenoxy) is 1. The molecule has 0 spiro atoms. The monoisotopic (exact) mass is 232 g/mol. The molecule has 1 unspecified atom stereocenters. The summed E-state index contributed by atoms with van der Waals surface area (Å²) in [6.07, 6.45) is 1.63. The van der Waals surface area contributed by atoms with Crippen LogP contribution in [0.2, 0.25) is 0 Å². The topological polar surface area (TPSA) is 36.3 Å². The Kier molecular flexibility index (Phi) is 4.53. The molecule has 0 saturated heterocycles. The van der Waals surface area contributed by atoms with Crippen LogP contribution < -0.4 is 4.74 Å². The summed E-state index contributed by atoms with van der Waals surface area (Å²) in [6.45, 7) is 1.96. The molecule has 1 aromatic carbocycles. The highest BCUT2D eigenvalue weighted by molar-refractivity contribution is 5.33. The quantitative estimate of drug-likeness (QED) is 0.782. The van der Waals surface area contributed by atoms with E-state index >= 15 is 0 Å². The fraction of sp³-hybridized carbons (Fsp3) is 0.500. The third kappa shape index (κ3) is 3.21. The summed E-state index contributed by atoms with van der Waals surface area (Å²) in [4.78, 5) is 1.96. The molecule has 0 aromatic heterocycles. The summed E-state index contributed by atoms with van der Waals surface area (Å²) < 4.78 is 5.31. The molecule has 3 nitrogen and oxygen atoms in total. The Balaban J connectivity index is 2.77. The molecule has 3 heteroatoms. The first kappa shape index (κ1) is 13.5. The average Bonchev–Trinajstić information content (AvgIpc) is 2.36. The molecule has 0 aliphatic heterocycles. The summed E-state index contributed by atoms with van der Waals surface area (Å²) in [5.41, 5.74) is 0.722. The first-order valence-corrected chi connectivity index (χ1v) is 5.74. The number of methoxy groups -OCH3 is 1. The summed E-state index contributed by atoms with van der Waals surface area (Å²) in [5.74, 6) is 0.895. The van der Waals surface area contributed by atoms with Crippen molar-refractivity contribution in [1.82, 2.24) is 4.90 Å². The molecule has 0 radical (unpaired) electrons. The van der Waals surface area contributed by atoms with Gasteiger partial charge in [-0.2, -0.15) is 5.26 Å². The zero-order valence-corrected chi connectivity index (χ0v) is 11.0. The molecular weight excluding hydrogens is 212 g/mol. The molecule has 1 atom stereocenters. The van der Waals surface area contributed by atoms with Gasteiger partial charge in [0.25, 0.3) is 0 Å². The average molecular weight is 232 g/mol. The molecule has 0 aliphatic rings. The van der Waals surface area contributed by atoms with E-state index in [0.717, 1.165) is 24.2 Å². The summed E-state index contributed by atoms with van der Waals surface area (Å²) in [6, 6.07) is 10.3. The van der Waals surface area contributed by atoms with Crippen molar-refractivity contribution >= 4 is 0 Å². The number of nitrogens with zero attached hydrogens (tertiary/aromatic N) is 2. The fourth-order valence-corrected chi connectivity index (χ4v) is 1.67. The molecule has 0 aliphatic carbocycles. The van der Waals surface area contributed by atoms with Crippen LogP contribution >= 0.6 is 0 Å². The SMILES string of the molecule is COc1ccccc1CCC(C)(C#N)N(C)C. The number of hydrogen-bond donors (Lipinski definition) is 0. The predicted molar refractivity (Wildman–Crippen MR) is 69.0 cm³/mol. The minimum atomic E-state index is -0.430. The van der Waals surface area contributed by atoms with Crippen molar-refractivity contribution < 1.29 is 4.74 Å². The maximum Gasteiger partial charge on any atom is 0.122 e. The number of rotatable bonds is 5. The first-order valence-electron chi connectivity index (χ1n) is 5.74. The molecule has 0 fully saturated rings. The molecule has 0 heterocycles. The van der Waals surface area contributed by atoms with Crippen molar-refractivity contribution in [3.05, 3.63) is 29.8 Å². The van der Waals surface area contributed by atoms with Crippen molar-refractivity contribution in [3.8, 4) is 11.8 Å². The molecule has 1 aromatic rings. The Bertz CT molecular complexity index is 409. The first-order chi connectivity index (χ1) is 8.03. The highest BCUT2D eigenvalue weighted by Gasteiger charge is 2.26. The van der Waals surface area contributed by atoms with E-state index in [2.05, 4.69) is 6.07 Å². The summed E-state index contributed by atoms with van der Waals surface area (Å²) in [7, 11) is 5.55. The second-order valence-corrected chi connectivity index (χ2v) is 4.59. The van der Waals surface area contributed by atoms with E-state index in [1.807, 2.05) is 50.2 Å². The number of aryl methyl sites for hydroxylation is 1. The summed E-state index contributed by atoms with van der Waals surface area (Å²) in [5, 5.41) is 9.24. The number of hydrogen-bond acceptors (Lipinski definition) is 3. The Morgan fingerprint density at radius 2 is 2.00 bits per heavy atom. The number of nitriles is 1. The van der Waals surface area contributed by atoms with E-state index < -0.39 is 5.54 Å². The van der Waals surface area contributed by atoms with Crippen LogP contribution in [0.15, 0.2) is 24.3 Å². The highest BCUT2D eigenvalue weighted by Crippen LogP contribution is 2.23. The van der Waals surface area contributed by atoms with Gasteiger partial charge in [-0.1, -0.05) is 18.2 Å². The van der Waals surface area contributed by atoms with Gasteiger partial charge in [0.05, 0.1) is 13.2 Å². The van der Waals surface area contributed by atoms with E-state index in [9.17, 15) is 5.26 Å². The van der Waals surface area contributed by atoms with Crippen molar-refractivity contribution in [3.63, 3.8) is 0 Å². The van der Waals surface area contributed by atoms with Gasteiger partial charge in [0.15, 0.2) is 0 Å². The van der Waals surface area contributed by atoms with E-state index in [1.54, 1.807) is 7.11 Å². The lowest BCUT2D eigenvalue weighted by Crippen LogP contribution is -2.40. The Labute approximate surface area is 104 Å². The maximum atomic E-state index is 9.24. The van der Waals surface area contributed by atoms with Gasteiger partial charge in [-0.25, -0.2) is 0 Å². The zero-order chi connectivity index (χ0) is 12.9. The third-order valence-corrected chi connectivity index (χ3v) is 3.30. The zero-order valence-electron chi connectivity index (χ0n) is 11.0. The largest absolute Gasteiger partial charge is 0.496 e. The van der Waals surface area contributed by atoms with Crippen LogP contribution in [0.5, 0.6) is 5.75 Å². The fourth-order valence-electron chi connectivity index (χ4n) is 1.67. The number of benzene rings is 1. The Morgan fingerprint density at radius 1 is 1.35 bits per heavy atom. The van der Waals surface area contributed by atoms with Gasteiger partial charge in [-0.3, -0.25) is 4.90 Å². The van der Waals surface area contributed by atoms with Crippen molar-refractivity contribution in [1.29, 1.82) is 5.26 Å². The molecule has 0 N–H and O–H groups in total. The van der Waals surface area contributed by atoms with Crippen LogP contribution in [-0.2, 0) is 6.42 Å². The van der Waals surface area contributed by atoms with Gasteiger partial charge >= 0.3 is 0 Å². The maximum absolute atomic E-state index is 9.24. The smallest absolute Gasteiger partial charge is 0.122 e. The third-order valence-electron chi connectivity index (χ3n) is 3.30. The van der Waals surface area contributed by atoms with Crippen molar-refractivity contribution in [2.45, 2.75) is 25.3 Å². The van der Waals surface area contributed by atoms with Crippen LogP contribution in [0, 0.1) is 11.3 Å². The lowest BCUT2D eigenvalue weighted by atomic mass is 9.93. The molecule has 92 valence electrons. The normalized spacial score (nSPS) is 14.1. The van der Waals surface area contributed by atoms with E-state index in [0.29, 0.717) is 0 Å². The van der Waals surface area contributed by atoms with E-state index in [1.165, 1.54) is 0 Å². The predicted octanol–water partition coefficient (Wildman–Crippen LogP) is 2.47. The van der Waals surface area contributed by atoms with Gasteiger partial charge in [-0.15, -0.1) is 0 Å². The van der Waals surface area contributed by atoms with Gasteiger partial charge in [0.2, 0.25) is 0 Å². The van der Waals surface area contributed by atoms with Crippen LogP contribution in [0.1, 0.15) is 18.9 Å². The van der Waals surface area contributed by atoms with Gasteiger partial charge in [0.1, 0.15) is 11.3 Å². The number of para-hydroxylation sites is 1. The lowest BCUT2D eigenvalue weighted by molar-refractivity contribution is 0.223. The highest BCUT2D eigenvalue weighted by atomic mass is 16.5. The molecular formula is C14H20N2O. The molecule has 1 rings (SSSR count). The van der Waals surface area contributed by atoms with E-state index in [-0.39, 0.29) is 0 Å². The Morgan fingerprint density at radius 3 is 2.53 bits per heavy atom. The van der Waals surface area contributed by atoms with Crippen LogP contribution in [0.4, 0.5) is 0 Å². The second kappa shape index (κ2) is 5.70. The van der Waals surface area contributed by atoms with Gasteiger partial charge in [0, 0.05) is 0 Å². The van der Waals surface area contributed by atoms with Gasteiger partial charge in [-0.05, 0) is 45.5 Å². The van der Waals surface area contributed by atoms with Gasteiger partial charge < -0.3 is 4.74 Å². The molecule has 17 heavy (non-hydrogen) atoms. The lowest BCUT2D eigenvalue weighted by Gasteiger charge is -2.29. The van der Waals surface area contributed by atoms with Crippen LogP contribution in [0.3, 0.4) is 0 Å². The van der Waals surface area contributed by atoms with E-state index in [4.69, 9.17) is 4.74 Å².